The van der Waals surface area contributed by atoms with Crippen LogP contribution in [0.15, 0.2) is 42.5 Å². The van der Waals surface area contributed by atoms with E-state index in [1.807, 2.05) is 0 Å². The lowest BCUT2D eigenvalue weighted by atomic mass is 10.0. The summed E-state index contributed by atoms with van der Waals surface area (Å²) in [6, 6.07) is 9.99. The van der Waals surface area contributed by atoms with Crippen molar-refractivity contribution in [2.75, 3.05) is 13.2 Å². The number of rotatable bonds is 7. The molecule has 0 heterocycles. The zero-order valence-corrected chi connectivity index (χ0v) is 15.6. The first kappa shape index (κ1) is 21.4. The van der Waals surface area contributed by atoms with E-state index in [1.54, 1.807) is 18.2 Å². The van der Waals surface area contributed by atoms with Crippen molar-refractivity contribution in [1.82, 2.24) is 0 Å². The monoisotopic (exact) mass is 403 g/mol. The van der Waals surface area contributed by atoms with Gasteiger partial charge in [0.15, 0.2) is 11.5 Å². The van der Waals surface area contributed by atoms with Crippen LogP contribution in [0.2, 0.25) is 0 Å². The normalized spacial score (nSPS) is 10.0. The van der Waals surface area contributed by atoms with Gasteiger partial charge in [0.05, 0.1) is 18.1 Å². The van der Waals surface area contributed by atoms with Gasteiger partial charge in [0, 0.05) is 5.56 Å². The van der Waals surface area contributed by atoms with Crippen LogP contribution in [0.4, 0.5) is 15.3 Å². The molecule has 0 fully saturated rings. The van der Waals surface area contributed by atoms with E-state index in [-0.39, 0.29) is 24.3 Å². The summed E-state index contributed by atoms with van der Waals surface area (Å²) >= 11 is 0. The SMILES string of the molecule is CCOC(=O)Oc1ccc(C(=O)c2ccccc2)c([N+](=O)[O-])c1OC(=O)OCC. The molecule has 0 radical (unpaired) electrons. The maximum Gasteiger partial charge on any atom is 0.514 e. The Morgan fingerprint density at radius 1 is 0.897 bits per heavy atom. The van der Waals surface area contributed by atoms with E-state index >= 15 is 0 Å². The minimum absolute atomic E-state index is 0.0143. The Balaban J connectivity index is 2.61. The van der Waals surface area contributed by atoms with Crippen LogP contribution in [0.25, 0.3) is 0 Å². The summed E-state index contributed by atoms with van der Waals surface area (Å²) in [4.78, 5) is 47.0. The van der Waals surface area contributed by atoms with Crippen molar-refractivity contribution in [3.63, 3.8) is 0 Å². The highest BCUT2D eigenvalue weighted by molar-refractivity contribution is 6.12. The topological polar surface area (TPSA) is 131 Å². The average Bonchev–Trinajstić information content (AvgIpc) is 2.69. The molecule has 0 aliphatic rings. The summed E-state index contributed by atoms with van der Waals surface area (Å²) in [5, 5.41) is 11.7. The third kappa shape index (κ3) is 5.28. The Kier molecular flexibility index (Phi) is 7.24. The maximum atomic E-state index is 12.8. The van der Waals surface area contributed by atoms with E-state index in [9.17, 15) is 24.5 Å². The predicted octanol–water partition coefficient (Wildman–Crippen LogP) is 3.90. The zero-order valence-electron chi connectivity index (χ0n) is 15.6. The van der Waals surface area contributed by atoms with Crippen molar-refractivity contribution in [2.45, 2.75) is 13.8 Å². The highest BCUT2D eigenvalue weighted by Crippen LogP contribution is 2.41. The molecule has 0 atom stereocenters. The Morgan fingerprint density at radius 2 is 1.48 bits per heavy atom. The minimum atomic E-state index is -1.27. The van der Waals surface area contributed by atoms with Crippen LogP contribution >= 0.6 is 0 Å². The molecule has 0 unspecified atom stereocenters. The number of nitro benzene ring substituents is 1. The van der Waals surface area contributed by atoms with Crippen LogP contribution in [0, 0.1) is 10.1 Å². The van der Waals surface area contributed by atoms with Crippen molar-refractivity contribution in [2.24, 2.45) is 0 Å². The fraction of sp³-hybridized carbons (Fsp3) is 0.211. The molecular formula is C19H17NO9. The van der Waals surface area contributed by atoms with Crippen molar-refractivity contribution < 1.29 is 38.3 Å². The van der Waals surface area contributed by atoms with E-state index in [0.29, 0.717) is 0 Å². The summed E-state index contributed by atoms with van der Waals surface area (Å²) < 4.78 is 19.0. The summed E-state index contributed by atoms with van der Waals surface area (Å²) in [7, 11) is 0. The van der Waals surface area contributed by atoms with Crippen LogP contribution in [-0.4, -0.2) is 36.2 Å². The van der Waals surface area contributed by atoms with E-state index in [1.165, 1.54) is 26.0 Å². The highest BCUT2D eigenvalue weighted by atomic mass is 16.7. The first-order valence-electron chi connectivity index (χ1n) is 8.49. The second kappa shape index (κ2) is 9.83. The lowest BCUT2D eigenvalue weighted by molar-refractivity contribution is -0.385. The largest absolute Gasteiger partial charge is 0.514 e. The first-order chi connectivity index (χ1) is 13.9. The second-order valence-electron chi connectivity index (χ2n) is 5.31. The molecule has 2 rings (SSSR count). The van der Waals surface area contributed by atoms with Gasteiger partial charge in [-0.15, -0.1) is 0 Å². The molecular weight excluding hydrogens is 386 g/mol. The molecule has 0 bridgehead atoms. The van der Waals surface area contributed by atoms with E-state index in [0.717, 1.165) is 12.1 Å². The van der Waals surface area contributed by atoms with Gasteiger partial charge < -0.3 is 18.9 Å². The van der Waals surface area contributed by atoms with E-state index < -0.39 is 40.2 Å². The molecule has 0 aromatic heterocycles. The first-order valence-corrected chi connectivity index (χ1v) is 8.49. The molecule has 2 aromatic rings. The lowest BCUT2D eigenvalue weighted by Crippen LogP contribution is -2.16. The Labute approximate surface area is 165 Å². The lowest BCUT2D eigenvalue weighted by Gasteiger charge is -2.12. The Hall–Kier alpha value is -3.95. The van der Waals surface area contributed by atoms with Crippen molar-refractivity contribution in [3.05, 3.63) is 63.7 Å². The van der Waals surface area contributed by atoms with Gasteiger partial charge in [0.1, 0.15) is 5.56 Å². The van der Waals surface area contributed by atoms with Crippen molar-refractivity contribution >= 4 is 23.8 Å². The van der Waals surface area contributed by atoms with Gasteiger partial charge in [-0.2, -0.15) is 0 Å². The molecule has 0 N–H and O–H groups in total. The fourth-order valence-electron chi connectivity index (χ4n) is 2.31. The standard InChI is InChI=1S/C19H17NO9/c1-3-26-18(22)28-14-11-10-13(16(21)12-8-6-5-7-9-12)15(20(24)25)17(14)29-19(23)27-4-2/h5-11H,3-4H2,1-2H3. The molecule has 0 spiro atoms. The fourth-order valence-corrected chi connectivity index (χ4v) is 2.31. The van der Waals surface area contributed by atoms with Crippen LogP contribution in [0.1, 0.15) is 29.8 Å². The van der Waals surface area contributed by atoms with Crippen LogP contribution in [0.5, 0.6) is 11.5 Å². The molecule has 10 nitrogen and oxygen atoms in total. The molecule has 10 heteroatoms. The number of ether oxygens (including phenoxy) is 4. The molecule has 29 heavy (non-hydrogen) atoms. The van der Waals surface area contributed by atoms with Gasteiger partial charge in [0.2, 0.25) is 0 Å². The molecule has 0 amide bonds. The van der Waals surface area contributed by atoms with Crippen molar-refractivity contribution in [3.8, 4) is 11.5 Å². The van der Waals surface area contributed by atoms with Gasteiger partial charge in [-0.25, -0.2) is 9.59 Å². The molecule has 2 aromatic carbocycles. The second-order valence-corrected chi connectivity index (χ2v) is 5.31. The highest BCUT2D eigenvalue weighted by Gasteiger charge is 2.33. The number of carbonyl (C=O) groups excluding carboxylic acids is 3. The zero-order chi connectivity index (χ0) is 21.4. The Morgan fingerprint density at radius 3 is 2.03 bits per heavy atom. The van der Waals surface area contributed by atoms with Crippen LogP contribution in [0.3, 0.4) is 0 Å². The summed E-state index contributed by atoms with van der Waals surface area (Å²) in [5.41, 5.74) is -1.04. The van der Waals surface area contributed by atoms with Crippen LogP contribution < -0.4 is 9.47 Å². The number of hydrogen-bond acceptors (Lipinski definition) is 9. The molecule has 152 valence electrons. The number of ketones is 1. The minimum Gasteiger partial charge on any atom is -0.434 e. The van der Waals surface area contributed by atoms with Gasteiger partial charge in [-0.05, 0) is 26.0 Å². The quantitative estimate of drug-likeness (QED) is 0.222. The molecule has 0 saturated carbocycles. The van der Waals surface area contributed by atoms with Gasteiger partial charge in [-0.3, -0.25) is 14.9 Å². The smallest absolute Gasteiger partial charge is 0.434 e. The maximum absolute atomic E-state index is 12.8. The van der Waals surface area contributed by atoms with Crippen molar-refractivity contribution in [1.29, 1.82) is 0 Å². The third-order valence-electron chi connectivity index (χ3n) is 3.46. The number of nitrogens with zero attached hydrogens (tertiary/aromatic N) is 1. The number of benzene rings is 2. The van der Waals surface area contributed by atoms with E-state index in [4.69, 9.17) is 9.47 Å². The summed E-state index contributed by atoms with van der Waals surface area (Å²) in [6.07, 6.45) is -2.44. The summed E-state index contributed by atoms with van der Waals surface area (Å²) in [5.74, 6) is -1.91. The van der Waals surface area contributed by atoms with Gasteiger partial charge in [-0.1, -0.05) is 30.3 Å². The van der Waals surface area contributed by atoms with Gasteiger partial charge >= 0.3 is 18.0 Å². The summed E-state index contributed by atoms with van der Waals surface area (Å²) in [6.45, 7) is 2.95. The van der Waals surface area contributed by atoms with Gasteiger partial charge in [0.25, 0.3) is 5.75 Å². The van der Waals surface area contributed by atoms with E-state index in [2.05, 4.69) is 9.47 Å². The molecule has 0 saturated heterocycles. The average molecular weight is 403 g/mol. The molecule has 0 aliphatic heterocycles. The molecule has 0 aliphatic carbocycles. The number of hydrogen-bond donors (Lipinski definition) is 0. The Bertz CT molecular complexity index is 925. The van der Waals surface area contributed by atoms with Crippen LogP contribution in [-0.2, 0) is 9.47 Å². The third-order valence-corrected chi connectivity index (χ3v) is 3.46. The number of nitro groups is 1. The number of carbonyl (C=O) groups is 3. The predicted molar refractivity (Wildman–Crippen MR) is 98.3 cm³/mol.